The molecule has 0 unspecified atom stereocenters. The van der Waals surface area contributed by atoms with Gasteiger partial charge in [0.1, 0.15) is 0 Å². The molecule has 0 aliphatic carbocycles. The van der Waals surface area contributed by atoms with Gasteiger partial charge in [0.25, 0.3) is 5.56 Å². The largest absolute Gasteiger partial charge is 0.375 e. The Morgan fingerprint density at radius 1 is 1.33 bits per heavy atom. The molecule has 0 bridgehead atoms. The zero-order valence-corrected chi connectivity index (χ0v) is 18.1. The highest BCUT2D eigenvalue weighted by Crippen LogP contribution is 2.16. The molecular formula is C20H23ClN6O2S. The fraction of sp³-hybridized carbons (Fsp3) is 0.300. The summed E-state index contributed by atoms with van der Waals surface area (Å²) >= 11 is 7.39. The van der Waals surface area contributed by atoms with E-state index in [9.17, 15) is 9.59 Å². The number of benzene rings is 1. The van der Waals surface area contributed by atoms with Gasteiger partial charge in [0.15, 0.2) is 5.13 Å². The number of amides is 1. The van der Waals surface area contributed by atoms with Crippen LogP contribution in [0.4, 0.5) is 5.13 Å². The molecule has 3 aromatic rings. The molecule has 30 heavy (non-hydrogen) atoms. The Morgan fingerprint density at radius 3 is 2.83 bits per heavy atom. The van der Waals surface area contributed by atoms with Crippen molar-refractivity contribution in [3.8, 4) is 0 Å². The maximum atomic E-state index is 12.8. The molecule has 3 rings (SSSR count). The third kappa shape index (κ3) is 5.44. The second kappa shape index (κ2) is 9.84. The molecule has 0 fully saturated rings. The van der Waals surface area contributed by atoms with Gasteiger partial charge in [-0.15, -0.1) is 11.3 Å². The number of carbonyl (C=O) groups is 1. The molecule has 1 amide bonds. The lowest BCUT2D eigenvalue weighted by molar-refractivity contribution is -0.120. The summed E-state index contributed by atoms with van der Waals surface area (Å²) in [6, 6.07) is 5.38. The minimum Gasteiger partial charge on any atom is -0.375 e. The van der Waals surface area contributed by atoms with E-state index in [0.717, 1.165) is 16.8 Å². The third-order valence-electron chi connectivity index (χ3n) is 4.71. The van der Waals surface area contributed by atoms with Crippen LogP contribution in [-0.4, -0.2) is 20.7 Å². The lowest BCUT2D eigenvalue weighted by Crippen LogP contribution is -2.32. The standard InChI is InChI=1S/C20H23ClN6O2S/c1-12-9-25-27(5-4-16-11-30-20(23)26-16)19(29)17(12)7-18(28)24-10-14-6-15(21)3-2-13(14)8-22/h2-3,6,9,11H,4-5,7-8,10,22H2,1H3,(H2,23,26)(H,24,28). The highest BCUT2D eigenvalue weighted by Gasteiger charge is 2.14. The summed E-state index contributed by atoms with van der Waals surface area (Å²) in [6.07, 6.45) is 2.10. The number of nitrogen functional groups attached to an aromatic ring is 1. The van der Waals surface area contributed by atoms with E-state index in [1.807, 2.05) is 11.4 Å². The number of nitrogens with two attached hydrogens (primary N) is 2. The van der Waals surface area contributed by atoms with E-state index in [1.54, 1.807) is 25.3 Å². The highest BCUT2D eigenvalue weighted by molar-refractivity contribution is 7.13. The van der Waals surface area contributed by atoms with Crippen LogP contribution in [0.1, 0.15) is 27.9 Å². The van der Waals surface area contributed by atoms with Crippen molar-refractivity contribution in [2.24, 2.45) is 5.73 Å². The molecule has 0 spiro atoms. The summed E-state index contributed by atoms with van der Waals surface area (Å²) in [5, 5.41) is 9.94. The Labute approximate surface area is 182 Å². The molecule has 158 valence electrons. The number of rotatable bonds is 8. The molecule has 10 heteroatoms. The van der Waals surface area contributed by atoms with Crippen molar-refractivity contribution < 1.29 is 4.79 Å². The molecule has 2 aromatic heterocycles. The zero-order chi connectivity index (χ0) is 21.7. The molecule has 0 atom stereocenters. The predicted octanol–water partition coefficient (Wildman–Crippen LogP) is 1.80. The second-order valence-electron chi connectivity index (χ2n) is 6.83. The minimum absolute atomic E-state index is 0.0324. The highest BCUT2D eigenvalue weighted by atomic mass is 35.5. The molecule has 0 saturated heterocycles. The van der Waals surface area contributed by atoms with Crippen LogP contribution in [0.25, 0.3) is 0 Å². The van der Waals surface area contributed by atoms with Crippen molar-refractivity contribution in [3.63, 3.8) is 0 Å². The fourth-order valence-corrected chi connectivity index (χ4v) is 3.81. The van der Waals surface area contributed by atoms with Gasteiger partial charge in [-0.05, 0) is 35.7 Å². The van der Waals surface area contributed by atoms with E-state index < -0.39 is 0 Å². The summed E-state index contributed by atoms with van der Waals surface area (Å²) in [6.45, 7) is 2.77. The SMILES string of the molecule is Cc1cnn(CCc2csc(N)n2)c(=O)c1CC(=O)NCc1cc(Cl)ccc1CN. The number of halogens is 1. The molecular weight excluding hydrogens is 424 g/mol. The number of anilines is 1. The number of carbonyl (C=O) groups excluding carboxylic acids is 1. The van der Waals surface area contributed by atoms with E-state index in [0.29, 0.717) is 40.8 Å². The average Bonchev–Trinajstić information content (AvgIpc) is 3.14. The first-order valence-electron chi connectivity index (χ1n) is 9.37. The Kier molecular flexibility index (Phi) is 7.20. The van der Waals surface area contributed by atoms with E-state index in [2.05, 4.69) is 15.4 Å². The lowest BCUT2D eigenvalue weighted by Gasteiger charge is -2.12. The first kappa shape index (κ1) is 21.9. The van der Waals surface area contributed by atoms with Crippen molar-refractivity contribution in [3.05, 3.63) is 73.1 Å². The van der Waals surface area contributed by atoms with Crippen LogP contribution in [0, 0.1) is 6.92 Å². The number of nitrogens with one attached hydrogen (secondary N) is 1. The monoisotopic (exact) mass is 446 g/mol. The Balaban J connectivity index is 1.67. The topological polar surface area (TPSA) is 129 Å². The Hall–Kier alpha value is -2.75. The van der Waals surface area contributed by atoms with Gasteiger partial charge in [-0.3, -0.25) is 9.59 Å². The van der Waals surface area contributed by atoms with Gasteiger partial charge in [0.2, 0.25) is 5.91 Å². The number of thiazole rings is 1. The van der Waals surface area contributed by atoms with E-state index in [4.69, 9.17) is 23.1 Å². The summed E-state index contributed by atoms with van der Waals surface area (Å²) in [4.78, 5) is 29.5. The average molecular weight is 447 g/mol. The Morgan fingerprint density at radius 2 is 2.13 bits per heavy atom. The first-order valence-corrected chi connectivity index (χ1v) is 10.6. The van der Waals surface area contributed by atoms with Crippen LogP contribution in [0.5, 0.6) is 0 Å². The molecule has 8 nitrogen and oxygen atoms in total. The van der Waals surface area contributed by atoms with E-state index >= 15 is 0 Å². The number of aromatic nitrogens is 3. The number of nitrogens with zero attached hydrogens (tertiary/aromatic N) is 3. The van der Waals surface area contributed by atoms with Crippen LogP contribution in [0.2, 0.25) is 5.02 Å². The maximum Gasteiger partial charge on any atom is 0.270 e. The van der Waals surface area contributed by atoms with Crippen molar-refractivity contribution in [1.82, 2.24) is 20.1 Å². The van der Waals surface area contributed by atoms with Gasteiger partial charge in [-0.25, -0.2) is 9.67 Å². The van der Waals surface area contributed by atoms with Crippen molar-refractivity contribution in [2.75, 3.05) is 5.73 Å². The van der Waals surface area contributed by atoms with Crippen LogP contribution >= 0.6 is 22.9 Å². The van der Waals surface area contributed by atoms with Crippen LogP contribution in [-0.2, 0) is 37.3 Å². The van der Waals surface area contributed by atoms with Crippen LogP contribution in [0.3, 0.4) is 0 Å². The molecule has 1 aromatic carbocycles. The maximum absolute atomic E-state index is 12.8. The normalized spacial score (nSPS) is 10.9. The smallest absolute Gasteiger partial charge is 0.270 e. The van der Waals surface area contributed by atoms with Crippen molar-refractivity contribution in [2.45, 2.75) is 39.4 Å². The fourth-order valence-electron chi connectivity index (χ4n) is 3.02. The van der Waals surface area contributed by atoms with Gasteiger partial charge in [0, 0.05) is 35.5 Å². The third-order valence-corrected chi connectivity index (χ3v) is 5.67. The zero-order valence-electron chi connectivity index (χ0n) is 16.5. The molecule has 0 aliphatic rings. The first-order chi connectivity index (χ1) is 14.4. The predicted molar refractivity (Wildman–Crippen MR) is 118 cm³/mol. The number of hydrogen-bond donors (Lipinski definition) is 3. The lowest BCUT2D eigenvalue weighted by atomic mass is 10.1. The summed E-state index contributed by atoms with van der Waals surface area (Å²) in [5.74, 6) is -0.261. The minimum atomic E-state index is -0.279. The van der Waals surface area contributed by atoms with Crippen LogP contribution in [0.15, 0.2) is 34.6 Å². The van der Waals surface area contributed by atoms with Gasteiger partial charge in [-0.1, -0.05) is 17.7 Å². The second-order valence-corrected chi connectivity index (χ2v) is 8.16. The Bertz CT molecular complexity index is 1110. The molecule has 0 aliphatic heterocycles. The summed E-state index contributed by atoms with van der Waals surface area (Å²) < 4.78 is 1.36. The quantitative estimate of drug-likeness (QED) is 0.484. The van der Waals surface area contributed by atoms with Gasteiger partial charge in [-0.2, -0.15) is 5.10 Å². The van der Waals surface area contributed by atoms with Crippen LogP contribution < -0.4 is 22.3 Å². The summed E-state index contributed by atoms with van der Waals surface area (Å²) in [7, 11) is 0. The van der Waals surface area contributed by atoms with E-state index in [-0.39, 0.29) is 24.4 Å². The van der Waals surface area contributed by atoms with Crippen molar-refractivity contribution in [1.29, 1.82) is 0 Å². The summed E-state index contributed by atoms with van der Waals surface area (Å²) in [5.41, 5.74) is 14.8. The molecule has 0 saturated carbocycles. The molecule has 0 radical (unpaired) electrons. The van der Waals surface area contributed by atoms with E-state index in [1.165, 1.54) is 16.0 Å². The van der Waals surface area contributed by atoms with Gasteiger partial charge < -0.3 is 16.8 Å². The van der Waals surface area contributed by atoms with Crippen molar-refractivity contribution >= 4 is 34.0 Å². The molecule has 2 heterocycles. The molecule has 5 N–H and O–H groups in total. The van der Waals surface area contributed by atoms with Gasteiger partial charge in [0.05, 0.1) is 24.9 Å². The number of hydrogen-bond acceptors (Lipinski definition) is 7. The number of aryl methyl sites for hydroxylation is 3. The van der Waals surface area contributed by atoms with Gasteiger partial charge >= 0.3 is 0 Å².